The van der Waals surface area contributed by atoms with Crippen LogP contribution >= 0.6 is 0 Å². The van der Waals surface area contributed by atoms with Crippen LogP contribution < -0.4 is 11.1 Å². The third kappa shape index (κ3) is 3.59. The summed E-state index contributed by atoms with van der Waals surface area (Å²) in [5.74, 6) is 2.06. The van der Waals surface area contributed by atoms with Crippen molar-refractivity contribution in [1.29, 1.82) is 0 Å². The van der Waals surface area contributed by atoms with Crippen LogP contribution in [-0.2, 0) is 13.0 Å². The SMILES string of the molecule is CC1CC(n2nnc3c2CN(C(=O)NCC2CCC(CN)CC2)CC3)C1. The quantitative estimate of drug-likeness (QED) is 0.860. The number of rotatable bonds is 4. The molecule has 1 aliphatic heterocycles. The van der Waals surface area contributed by atoms with Crippen LogP contribution in [0.2, 0.25) is 0 Å². The highest BCUT2D eigenvalue weighted by Gasteiger charge is 2.33. The Morgan fingerprint density at radius 3 is 2.65 bits per heavy atom. The maximum absolute atomic E-state index is 12.7. The Hall–Kier alpha value is -1.63. The van der Waals surface area contributed by atoms with Crippen molar-refractivity contribution >= 4 is 6.03 Å². The zero-order valence-electron chi connectivity index (χ0n) is 15.9. The van der Waals surface area contributed by atoms with Crippen molar-refractivity contribution < 1.29 is 4.79 Å². The number of carbonyl (C=O) groups is 1. The molecule has 144 valence electrons. The van der Waals surface area contributed by atoms with Gasteiger partial charge in [0, 0.05) is 19.5 Å². The third-order valence-electron chi connectivity index (χ3n) is 6.65. The number of hydrogen-bond acceptors (Lipinski definition) is 4. The maximum Gasteiger partial charge on any atom is 0.317 e. The number of amides is 2. The molecule has 0 spiro atoms. The molecule has 4 rings (SSSR count). The van der Waals surface area contributed by atoms with Crippen molar-refractivity contribution in [3.63, 3.8) is 0 Å². The van der Waals surface area contributed by atoms with Crippen molar-refractivity contribution in [2.75, 3.05) is 19.6 Å². The third-order valence-corrected chi connectivity index (χ3v) is 6.65. The first-order chi connectivity index (χ1) is 12.6. The van der Waals surface area contributed by atoms with Crippen LogP contribution in [0, 0.1) is 17.8 Å². The van der Waals surface area contributed by atoms with Gasteiger partial charge in [0.25, 0.3) is 0 Å². The van der Waals surface area contributed by atoms with Crippen LogP contribution in [0.4, 0.5) is 4.79 Å². The number of urea groups is 1. The van der Waals surface area contributed by atoms with E-state index in [1.807, 2.05) is 4.90 Å². The number of hydrogen-bond donors (Lipinski definition) is 2. The summed E-state index contributed by atoms with van der Waals surface area (Å²) >= 11 is 0. The number of aromatic nitrogens is 3. The molecule has 7 nitrogen and oxygen atoms in total. The molecule has 0 bridgehead atoms. The fourth-order valence-electron chi connectivity index (χ4n) is 4.75. The molecule has 0 aromatic carbocycles. The summed E-state index contributed by atoms with van der Waals surface area (Å²) in [4.78, 5) is 14.6. The van der Waals surface area contributed by atoms with Gasteiger partial charge >= 0.3 is 6.03 Å². The van der Waals surface area contributed by atoms with E-state index < -0.39 is 0 Å². The predicted octanol–water partition coefficient (Wildman–Crippen LogP) is 2.08. The average Bonchev–Trinajstić information content (AvgIpc) is 3.06. The molecule has 0 radical (unpaired) electrons. The minimum atomic E-state index is 0.0614. The fourth-order valence-corrected chi connectivity index (χ4v) is 4.75. The Bertz CT molecular complexity index is 630. The summed E-state index contributed by atoms with van der Waals surface area (Å²) < 4.78 is 2.09. The molecular weight excluding hydrogens is 328 g/mol. The summed E-state index contributed by atoms with van der Waals surface area (Å²) in [7, 11) is 0. The number of nitrogens with zero attached hydrogens (tertiary/aromatic N) is 4. The molecule has 2 aliphatic carbocycles. The second-order valence-electron chi connectivity index (χ2n) is 8.64. The Labute approximate surface area is 155 Å². The largest absolute Gasteiger partial charge is 0.338 e. The van der Waals surface area contributed by atoms with Gasteiger partial charge in [-0.25, -0.2) is 9.48 Å². The van der Waals surface area contributed by atoms with Crippen molar-refractivity contribution in [3.05, 3.63) is 11.4 Å². The highest BCUT2D eigenvalue weighted by Crippen LogP contribution is 2.38. The molecule has 0 unspecified atom stereocenters. The van der Waals surface area contributed by atoms with Crippen LogP contribution in [-0.4, -0.2) is 45.6 Å². The van der Waals surface area contributed by atoms with Gasteiger partial charge in [0.15, 0.2) is 0 Å². The van der Waals surface area contributed by atoms with E-state index in [0.29, 0.717) is 24.4 Å². The van der Waals surface area contributed by atoms with Crippen LogP contribution in [0.25, 0.3) is 0 Å². The highest BCUT2D eigenvalue weighted by molar-refractivity contribution is 5.74. The number of nitrogens with two attached hydrogens (primary N) is 1. The molecule has 1 aromatic rings. The zero-order valence-corrected chi connectivity index (χ0v) is 15.9. The van der Waals surface area contributed by atoms with E-state index in [1.54, 1.807) is 0 Å². The number of fused-ring (bicyclic) bond motifs is 1. The predicted molar refractivity (Wildman–Crippen MR) is 99.5 cm³/mol. The van der Waals surface area contributed by atoms with Crippen LogP contribution in [0.1, 0.15) is 62.9 Å². The second kappa shape index (κ2) is 7.55. The number of carbonyl (C=O) groups excluding carboxylic acids is 1. The van der Waals surface area contributed by atoms with E-state index in [0.717, 1.165) is 43.4 Å². The van der Waals surface area contributed by atoms with Crippen LogP contribution in [0.3, 0.4) is 0 Å². The van der Waals surface area contributed by atoms with Gasteiger partial charge in [-0.05, 0) is 62.8 Å². The van der Waals surface area contributed by atoms with E-state index in [2.05, 4.69) is 27.2 Å². The molecule has 1 aromatic heterocycles. The molecule has 2 saturated carbocycles. The molecule has 2 amide bonds. The van der Waals surface area contributed by atoms with Crippen molar-refractivity contribution in [3.8, 4) is 0 Å². The molecule has 0 saturated heterocycles. The van der Waals surface area contributed by atoms with Gasteiger partial charge < -0.3 is 16.0 Å². The standard InChI is InChI=1S/C19H32N6O/c1-13-8-16(9-13)25-18-12-24(7-6-17(18)22-23-25)19(26)21-11-15-4-2-14(10-20)3-5-15/h13-16H,2-12,20H2,1H3,(H,21,26). The van der Waals surface area contributed by atoms with E-state index in [9.17, 15) is 4.79 Å². The Morgan fingerprint density at radius 1 is 1.23 bits per heavy atom. The summed E-state index contributed by atoms with van der Waals surface area (Å²) in [5, 5.41) is 11.9. The molecule has 3 aliphatic rings. The van der Waals surface area contributed by atoms with Gasteiger partial charge in [0.1, 0.15) is 0 Å². The first kappa shape index (κ1) is 17.8. The van der Waals surface area contributed by atoms with Crippen LogP contribution in [0.5, 0.6) is 0 Å². The Kier molecular flexibility index (Phi) is 5.16. The first-order valence-corrected chi connectivity index (χ1v) is 10.3. The second-order valence-corrected chi connectivity index (χ2v) is 8.64. The van der Waals surface area contributed by atoms with Crippen molar-refractivity contribution in [2.45, 2.75) is 64.5 Å². The lowest BCUT2D eigenvalue weighted by Crippen LogP contribution is -2.45. The lowest BCUT2D eigenvalue weighted by atomic mass is 9.82. The molecule has 2 heterocycles. The van der Waals surface area contributed by atoms with Gasteiger partial charge in [0.05, 0.1) is 24.0 Å². The molecular formula is C19H32N6O. The molecule has 2 fully saturated rings. The smallest absolute Gasteiger partial charge is 0.317 e. The van der Waals surface area contributed by atoms with Gasteiger partial charge in [-0.15, -0.1) is 5.10 Å². The monoisotopic (exact) mass is 360 g/mol. The lowest BCUT2D eigenvalue weighted by Gasteiger charge is -2.35. The van der Waals surface area contributed by atoms with Gasteiger partial charge in [-0.3, -0.25) is 0 Å². The zero-order chi connectivity index (χ0) is 18.1. The summed E-state index contributed by atoms with van der Waals surface area (Å²) in [6.07, 6.45) is 7.93. The average molecular weight is 361 g/mol. The van der Waals surface area contributed by atoms with E-state index in [1.165, 1.54) is 38.5 Å². The van der Waals surface area contributed by atoms with Gasteiger partial charge in [-0.1, -0.05) is 12.1 Å². The van der Waals surface area contributed by atoms with Crippen molar-refractivity contribution in [1.82, 2.24) is 25.2 Å². The Morgan fingerprint density at radius 2 is 1.96 bits per heavy atom. The summed E-state index contributed by atoms with van der Waals surface area (Å²) in [5.41, 5.74) is 7.99. The molecule has 26 heavy (non-hydrogen) atoms. The first-order valence-electron chi connectivity index (χ1n) is 10.3. The normalized spacial score (nSPS) is 31.2. The topological polar surface area (TPSA) is 89.1 Å². The maximum atomic E-state index is 12.7. The minimum Gasteiger partial charge on any atom is -0.338 e. The Balaban J connectivity index is 1.29. The molecule has 3 N–H and O–H groups in total. The van der Waals surface area contributed by atoms with E-state index in [-0.39, 0.29) is 6.03 Å². The summed E-state index contributed by atoms with van der Waals surface area (Å²) in [6.45, 7) is 5.24. The van der Waals surface area contributed by atoms with E-state index in [4.69, 9.17) is 5.73 Å². The molecule has 7 heteroatoms. The number of nitrogens with one attached hydrogen (secondary N) is 1. The summed E-state index contributed by atoms with van der Waals surface area (Å²) in [6, 6.07) is 0.535. The fraction of sp³-hybridized carbons (Fsp3) is 0.842. The van der Waals surface area contributed by atoms with Gasteiger partial charge in [0.2, 0.25) is 0 Å². The lowest BCUT2D eigenvalue weighted by molar-refractivity contribution is 0.171. The van der Waals surface area contributed by atoms with Gasteiger partial charge in [-0.2, -0.15) is 0 Å². The van der Waals surface area contributed by atoms with Crippen molar-refractivity contribution in [2.24, 2.45) is 23.5 Å². The molecule has 0 atom stereocenters. The highest BCUT2D eigenvalue weighted by atomic mass is 16.2. The minimum absolute atomic E-state index is 0.0614. The van der Waals surface area contributed by atoms with Crippen LogP contribution in [0.15, 0.2) is 0 Å². The van der Waals surface area contributed by atoms with E-state index >= 15 is 0 Å².